The minimum absolute atomic E-state index is 0.0273. The van der Waals surface area contributed by atoms with Gasteiger partial charge in [0.15, 0.2) is 5.69 Å². The van der Waals surface area contributed by atoms with E-state index in [0.29, 0.717) is 12.1 Å². The Hall–Kier alpha value is -2.18. The van der Waals surface area contributed by atoms with Gasteiger partial charge < -0.3 is 5.32 Å². The van der Waals surface area contributed by atoms with Crippen LogP contribution in [0.25, 0.3) is 11.3 Å². The van der Waals surface area contributed by atoms with Gasteiger partial charge in [0.1, 0.15) is 0 Å². The summed E-state index contributed by atoms with van der Waals surface area (Å²) in [5.41, 5.74) is -0.260. The molecule has 0 amide bonds. The Morgan fingerprint density at radius 1 is 1.25 bits per heavy atom. The Bertz CT molecular complexity index is 570. The molecule has 0 aliphatic carbocycles. The highest BCUT2D eigenvalue weighted by atomic mass is 19.4. The molecule has 0 saturated carbocycles. The van der Waals surface area contributed by atoms with Crippen molar-refractivity contribution in [3.8, 4) is 11.3 Å². The second-order valence-electron chi connectivity index (χ2n) is 4.13. The highest BCUT2D eigenvalue weighted by Crippen LogP contribution is 2.30. The summed E-state index contributed by atoms with van der Waals surface area (Å²) in [5.74, 6) is -0.0273. The lowest BCUT2D eigenvalue weighted by Crippen LogP contribution is -2.13. The summed E-state index contributed by atoms with van der Waals surface area (Å²) < 4.78 is 38.6. The van der Waals surface area contributed by atoms with E-state index in [0.717, 1.165) is 12.5 Å². The van der Waals surface area contributed by atoms with E-state index in [9.17, 15) is 13.2 Å². The van der Waals surface area contributed by atoms with Gasteiger partial charge in [-0.3, -0.25) is 4.98 Å². The molecule has 2 aromatic heterocycles. The van der Waals surface area contributed by atoms with E-state index in [4.69, 9.17) is 0 Å². The summed E-state index contributed by atoms with van der Waals surface area (Å²) in [6.45, 7) is 2.41. The lowest BCUT2D eigenvalue weighted by atomic mass is 10.2. The zero-order valence-corrected chi connectivity index (χ0v) is 10.8. The van der Waals surface area contributed by atoms with Crippen molar-refractivity contribution in [3.05, 3.63) is 36.3 Å². The molecular weight excluding hydrogens is 269 g/mol. The highest BCUT2D eigenvalue weighted by Gasteiger charge is 2.33. The SMILES string of the molecule is CCCNc1nc(-c2cccnc2)cc(C(F)(F)F)n1. The van der Waals surface area contributed by atoms with Gasteiger partial charge in [-0.15, -0.1) is 0 Å². The zero-order valence-electron chi connectivity index (χ0n) is 10.8. The van der Waals surface area contributed by atoms with Gasteiger partial charge in [0.05, 0.1) is 5.69 Å². The van der Waals surface area contributed by atoms with Crippen LogP contribution < -0.4 is 5.32 Å². The van der Waals surface area contributed by atoms with Crippen molar-refractivity contribution in [2.75, 3.05) is 11.9 Å². The smallest absolute Gasteiger partial charge is 0.354 e. The number of nitrogens with zero attached hydrogens (tertiary/aromatic N) is 3. The molecule has 0 radical (unpaired) electrons. The van der Waals surface area contributed by atoms with Crippen molar-refractivity contribution in [1.29, 1.82) is 0 Å². The van der Waals surface area contributed by atoms with E-state index < -0.39 is 11.9 Å². The number of pyridine rings is 1. The topological polar surface area (TPSA) is 50.7 Å². The molecule has 106 valence electrons. The van der Waals surface area contributed by atoms with Crippen LogP contribution in [0.1, 0.15) is 19.0 Å². The molecule has 2 aromatic rings. The Labute approximate surface area is 114 Å². The first-order chi connectivity index (χ1) is 9.50. The number of hydrogen-bond acceptors (Lipinski definition) is 4. The first-order valence-corrected chi connectivity index (χ1v) is 6.11. The van der Waals surface area contributed by atoms with Crippen LogP contribution in [-0.2, 0) is 6.18 Å². The average Bonchev–Trinajstić information content (AvgIpc) is 2.45. The minimum Gasteiger partial charge on any atom is -0.354 e. The molecule has 0 aliphatic heterocycles. The fourth-order valence-corrected chi connectivity index (χ4v) is 1.57. The lowest BCUT2D eigenvalue weighted by molar-refractivity contribution is -0.141. The van der Waals surface area contributed by atoms with Crippen LogP contribution in [0.5, 0.6) is 0 Å². The number of nitrogens with one attached hydrogen (secondary N) is 1. The van der Waals surface area contributed by atoms with Crippen LogP contribution in [0.2, 0.25) is 0 Å². The molecule has 2 heterocycles. The Balaban J connectivity index is 2.46. The Morgan fingerprint density at radius 2 is 2.05 bits per heavy atom. The van der Waals surface area contributed by atoms with E-state index in [-0.39, 0.29) is 11.6 Å². The molecule has 2 rings (SSSR count). The molecule has 0 bridgehead atoms. The molecular formula is C13H13F3N4. The largest absolute Gasteiger partial charge is 0.433 e. The van der Waals surface area contributed by atoms with Crippen LogP contribution in [0.15, 0.2) is 30.6 Å². The molecule has 0 atom stereocenters. The van der Waals surface area contributed by atoms with Gasteiger partial charge in [-0.2, -0.15) is 13.2 Å². The van der Waals surface area contributed by atoms with Crippen molar-refractivity contribution < 1.29 is 13.2 Å². The Kier molecular flexibility index (Phi) is 4.16. The molecule has 20 heavy (non-hydrogen) atoms. The number of rotatable bonds is 4. The van der Waals surface area contributed by atoms with E-state index in [1.54, 1.807) is 18.3 Å². The molecule has 0 saturated heterocycles. The number of aromatic nitrogens is 3. The third-order valence-electron chi connectivity index (χ3n) is 2.51. The number of anilines is 1. The molecule has 0 unspecified atom stereocenters. The van der Waals surface area contributed by atoms with E-state index in [2.05, 4.69) is 20.3 Å². The van der Waals surface area contributed by atoms with E-state index in [1.165, 1.54) is 6.20 Å². The normalized spacial score (nSPS) is 11.4. The minimum atomic E-state index is -4.51. The summed E-state index contributed by atoms with van der Waals surface area (Å²) in [6, 6.07) is 4.22. The fourth-order valence-electron chi connectivity index (χ4n) is 1.57. The van der Waals surface area contributed by atoms with Crippen molar-refractivity contribution in [3.63, 3.8) is 0 Å². The molecule has 4 nitrogen and oxygen atoms in total. The molecule has 0 aliphatic rings. The van der Waals surface area contributed by atoms with Crippen LogP contribution in [0.4, 0.5) is 19.1 Å². The van der Waals surface area contributed by atoms with Crippen molar-refractivity contribution >= 4 is 5.95 Å². The van der Waals surface area contributed by atoms with Crippen molar-refractivity contribution in [1.82, 2.24) is 15.0 Å². The van der Waals surface area contributed by atoms with Gasteiger partial charge in [0, 0.05) is 24.5 Å². The van der Waals surface area contributed by atoms with Crippen molar-refractivity contribution in [2.45, 2.75) is 19.5 Å². The van der Waals surface area contributed by atoms with Crippen LogP contribution in [0.3, 0.4) is 0 Å². The maximum absolute atomic E-state index is 12.9. The van der Waals surface area contributed by atoms with E-state index >= 15 is 0 Å². The highest BCUT2D eigenvalue weighted by molar-refractivity contribution is 5.59. The molecule has 0 spiro atoms. The van der Waals surface area contributed by atoms with Gasteiger partial charge in [0.2, 0.25) is 5.95 Å². The first-order valence-electron chi connectivity index (χ1n) is 6.11. The standard InChI is InChI=1S/C13H13F3N4/c1-2-5-18-12-19-10(9-4-3-6-17-8-9)7-11(20-12)13(14,15)16/h3-4,6-8H,2,5H2,1H3,(H,18,19,20). The van der Waals surface area contributed by atoms with Gasteiger partial charge in [-0.1, -0.05) is 6.92 Å². The average molecular weight is 282 g/mol. The fraction of sp³-hybridized carbons (Fsp3) is 0.308. The Morgan fingerprint density at radius 3 is 2.65 bits per heavy atom. The monoisotopic (exact) mass is 282 g/mol. The number of alkyl halides is 3. The first kappa shape index (κ1) is 14.2. The van der Waals surface area contributed by atoms with Crippen molar-refractivity contribution in [2.24, 2.45) is 0 Å². The number of hydrogen-bond donors (Lipinski definition) is 1. The predicted octanol–water partition coefficient (Wildman–Crippen LogP) is 3.38. The maximum atomic E-state index is 12.9. The van der Waals surface area contributed by atoms with Gasteiger partial charge in [-0.05, 0) is 24.6 Å². The maximum Gasteiger partial charge on any atom is 0.433 e. The third-order valence-corrected chi connectivity index (χ3v) is 2.51. The summed E-state index contributed by atoms with van der Waals surface area (Å²) in [6.07, 6.45) is -0.734. The van der Waals surface area contributed by atoms with Crippen LogP contribution >= 0.6 is 0 Å². The molecule has 0 fully saturated rings. The van der Waals surface area contributed by atoms with Gasteiger partial charge in [0.25, 0.3) is 0 Å². The van der Waals surface area contributed by atoms with Crippen LogP contribution in [0, 0.1) is 0 Å². The summed E-state index contributed by atoms with van der Waals surface area (Å²) >= 11 is 0. The van der Waals surface area contributed by atoms with Crippen LogP contribution in [-0.4, -0.2) is 21.5 Å². The third kappa shape index (κ3) is 3.43. The van der Waals surface area contributed by atoms with E-state index in [1.807, 2.05) is 6.92 Å². The summed E-state index contributed by atoms with van der Waals surface area (Å²) in [5, 5.41) is 2.77. The summed E-state index contributed by atoms with van der Waals surface area (Å²) in [4.78, 5) is 11.5. The second kappa shape index (κ2) is 5.85. The lowest BCUT2D eigenvalue weighted by Gasteiger charge is -2.11. The molecule has 1 N–H and O–H groups in total. The van der Waals surface area contributed by atoms with Gasteiger partial charge in [-0.25, -0.2) is 9.97 Å². The number of halogens is 3. The summed E-state index contributed by atoms with van der Waals surface area (Å²) in [7, 11) is 0. The second-order valence-corrected chi connectivity index (χ2v) is 4.13. The zero-order chi connectivity index (χ0) is 14.6. The van der Waals surface area contributed by atoms with Gasteiger partial charge >= 0.3 is 6.18 Å². The molecule has 7 heteroatoms. The quantitative estimate of drug-likeness (QED) is 0.934. The molecule has 0 aromatic carbocycles. The predicted molar refractivity (Wildman–Crippen MR) is 69.0 cm³/mol.